The van der Waals surface area contributed by atoms with Gasteiger partial charge in [-0.1, -0.05) is 26.0 Å². The summed E-state index contributed by atoms with van der Waals surface area (Å²) in [4.78, 5) is 0. The van der Waals surface area contributed by atoms with Gasteiger partial charge in [0, 0.05) is 11.0 Å². The van der Waals surface area contributed by atoms with Gasteiger partial charge in [0.05, 0.1) is 5.03 Å². The van der Waals surface area contributed by atoms with E-state index in [1.165, 1.54) is 11.8 Å². The molecule has 1 N–H and O–H groups in total. The molecule has 2 aliphatic rings. The van der Waals surface area contributed by atoms with Gasteiger partial charge in [-0.15, -0.1) is 24.4 Å². The van der Waals surface area contributed by atoms with Gasteiger partial charge in [-0.2, -0.15) is 0 Å². The molecular formula is C17H21F2NS2. The van der Waals surface area contributed by atoms with Crippen LogP contribution in [0.2, 0.25) is 0 Å². The topological polar surface area (TPSA) is 12.0 Å². The van der Waals surface area contributed by atoms with Gasteiger partial charge >= 0.3 is 0 Å². The average Bonchev–Trinajstić information content (AvgIpc) is 2.89. The van der Waals surface area contributed by atoms with Crippen LogP contribution in [0.15, 0.2) is 22.6 Å². The van der Waals surface area contributed by atoms with Gasteiger partial charge in [0.15, 0.2) is 11.6 Å². The third-order valence-electron chi connectivity index (χ3n) is 4.80. The van der Waals surface area contributed by atoms with Crippen LogP contribution in [0.5, 0.6) is 0 Å². The smallest absolute Gasteiger partial charge is 0.165 e. The van der Waals surface area contributed by atoms with Crippen molar-refractivity contribution in [3.63, 3.8) is 0 Å². The molecule has 1 aromatic carbocycles. The number of rotatable bonds is 2. The van der Waals surface area contributed by atoms with Crippen LogP contribution in [0.25, 0.3) is 0 Å². The molecule has 0 radical (unpaired) electrons. The summed E-state index contributed by atoms with van der Waals surface area (Å²) in [5.41, 5.74) is 1.23. The lowest BCUT2D eigenvalue weighted by Crippen LogP contribution is -2.21. The van der Waals surface area contributed by atoms with E-state index in [1.807, 2.05) is 5.41 Å². The number of nitrogens with one attached hydrogen (secondary N) is 1. The van der Waals surface area contributed by atoms with Gasteiger partial charge < -0.3 is 5.32 Å². The summed E-state index contributed by atoms with van der Waals surface area (Å²) in [5.74, 6) is -1.25. The number of hydrogen-bond acceptors (Lipinski definition) is 3. The Balaban J connectivity index is 1.81. The second-order valence-corrected chi connectivity index (χ2v) is 8.44. The highest BCUT2D eigenvalue weighted by molar-refractivity contribution is 8.03. The second-order valence-electron chi connectivity index (χ2n) is 6.97. The van der Waals surface area contributed by atoms with Crippen molar-refractivity contribution in [1.82, 2.24) is 5.32 Å². The summed E-state index contributed by atoms with van der Waals surface area (Å²) >= 11 is 5.61. The van der Waals surface area contributed by atoms with Crippen molar-refractivity contribution in [2.45, 2.75) is 50.8 Å². The lowest BCUT2D eigenvalue weighted by Gasteiger charge is -2.34. The van der Waals surface area contributed by atoms with Crippen LogP contribution in [-0.4, -0.2) is 0 Å². The highest BCUT2D eigenvalue weighted by atomic mass is 32.2. The molecule has 120 valence electrons. The van der Waals surface area contributed by atoms with Gasteiger partial charge in [0.2, 0.25) is 0 Å². The number of halogens is 2. The third kappa shape index (κ3) is 3.16. The summed E-state index contributed by atoms with van der Waals surface area (Å²) in [6.45, 7) is 4.49. The van der Waals surface area contributed by atoms with Crippen LogP contribution in [0.1, 0.15) is 61.9 Å². The zero-order chi connectivity index (χ0) is 15.9. The predicted octanol–water partition coefficient (Wildman–Crippen LogP) is 5.71. The Morgan fingerprint density at radius 3 is 2.32 bits per heavy atom. The van der Waals surface area contributed by atoms with Crippen LogP contribution in [-0.2, 0) is 0 Å². The molecule has 1 atom stereocenters. The molecule has 0 spiro atoms. The number of thiol groups is 1. The van der Waals surface area contributed by atoms with Gasteiger partial charge in [0.1, 0.15) is 5.37 Å². The molecule has 1 fully saturated rings. The van der Waals surface area contributed by atoms with E-state index in [0.29, 0.717) is 21.6 Å². The molecule has 1 heterocycles. The Hall–Kier alpha value is -0.680. The summed E-state index contributed by atoms with van der Waals surface area (Å²) < 4.78 is 29.0. The minimum absolute atomic E-state index is 0.138. The van der Waals surface area contributed by atoms with E-state index in [0.717, 1.165) is 25.7 Å². The zero-order valence-corrected chi connectivity index (χ0v) is 14.5. The molecule has 1 aliphatic carbocycles. The van der Waals surface area contributed by atoms with Crippen molar-refractivity contribution in [3.05, 3.63) is 45.3 Å². The molecule has 1 aliphatic heterocycles. The third-order valence-corrected chi connectivity index (χ3v) is 6.25. The maximum Gasteiger partial charge on any atom is 0.165 e. The normalized spacial score (nSPS) is 25.0. The van der Waals surface area contributed by atoms with Gasteiger partial charge in [0.25, 0.3) is 0 Å². The van der Waals surface area contributed by atoms with Crippen LogP contribution in [0.4, 0.5) is 8.78 Å². The second kappa shape index (κ2) is 6.08. The molecule has 3 rings (SSSR count). The van der Waals surface area contributed by atoms with Crippen molar-refractivity contribution >= 4 is 24.4 Å². The lowest BCUT2D eigenvalue weighted by molar-refractivity contribution is 0.222. The van der Waals surface area contributed by atoms with E-state index in [1.54, 1.807) is 12.1 Å². The summed E-state index contributed by atoms with van der Waals surface area (Å²) in [7, 11) is 0. The summed E-state index contributed by atoms with van der Waals surface area (Å²) in [6.07, 6.45) is 3.99. The first-order chi connectivity index (χ1) is 10.4. The standard InChI is InChI=1S/C17H21F2NS2/c1-17(2)7-5-10(6-8-17)11-3-4-12(15(19)14(11)18)16-20-13(21)9-22-16/h3-4,9-10,16,20-21H,5-8H2,1-2H3. The zero-order valence-electron chi connectivity index (χ0n) is 12.8. The van der Waals surface area contributed by atoms with E-state index < -0.39 is 11.6 Å². The number of hydrogen-bond donors (Lipinski definition) is 2. The fourth-order valence-electron chi connectivity index (χ4n) is 3.29. The molecule has 1 nitrogen and oxygen atoms in total. The van der Waals surface area contributed by atoms with Gasteiger partial charge in [-0.25, -0.2) is 8.78 Å². The Morgan fingerprint density at radius 1 is 1.14 bits per heavy atom. The maximum atomic E-state index is 14.5. The Bertz CT molecular complexity index is 603. The predicted molar refractivity (Wildman–Crippen MR) is 91.9 cm³/mol. The fourth-order valence-corrected chi connectivity index (χ4v) is 4.55. The van der Waals surface area contributed by atoms with E-state index in [9.17, 15) is 8.78 Å². The van der Waals surface area contributed by atoms with Crippen molar-refractivity contribution in [2.75, 3.05) is 0 Å². The molecule has 5 heteroatoms. The molecule has 1 aromatic rings. The Morgan fingerprint density at radius 2 is 1.73 bits per heavy atom. The van der Waals surface area contributed by atoms with Crippen molar-refractivity contribution in [1.29, 1.82) is 0 Å². The van der Waals surface area contributed by atoms with Crippen molar-refractivity contribution in [3.8, 4) is 0 Å². The largest absolute Gasteiger partial charge is 0.364 e. The highest BCUT2D eigenvalue weighted by Crippen LogP contribution is 2.44. The first-order valence-corrected chi connectivity index (χ1v) is 9.05. The van der Waals surface area contributed by atoms with Crippen LogP contribution in [0.3, 0.4) is 0 Å². The molecule has 1 unspecified atom stereocenters. The van der Waals surface area contributed by atoms with Crippen LogP contribution in [0, 0.1) is 17.0 Å². The molecule has 0 aromatic heterocycles. The van der Waals surface area contributed by atoms with Crippen molar-refractivity contribution < 1.29 is 8.78 Å². The van der Waals surface area contributed by atoms with Gasteiger partial charge in [-0.3, -0.25) is 0 Å². The Kier molecular flexibility index (Phi) is 4.47. The van der Waals surface area contributed by atoms with E-state index in [-0.39, 0.29) is 11.3 Å². The minimum Gasteiger partial charge on any atom is -0.364 e. The first-order valence-electron chi connectivity index (χ1n) is 7.66. The molecule has 0 amide bonds. The van der Waals surface area contributed by atoms with Gasteiger partial charge in [-0.05, 0) is 42.6 Å². The number of benzene rings is 1. The van der Waals surface area contributed by atoms with E-state index in [2.05, 4.69) is 31.8 Å². The van der Waals surface area contributed by atoms with Crippen LogP contribution < -0.4 is 5.32 Å². The van der Waals surface area contributed by atoms with Crippen LogP contribution >= 0.6 is 24.4 Å². The fraction of sp³-hybridized carbons (Fsp3) is 0.529. The lowest BCUT2D eigenvalue weighted by atomic mass is 9.71. The average molecular weight is 341 g/mol. The van der Waals surface area contributed by atoms with E-state index >= 15 is 0 Å². The summed E-state index contributed by atoms with van der Waals surface area (Å²) in [5, 5.41) is 5.24. The Labute approximate surface area is 140 Å². The molecule has 0 saturated heterocycles. The molecular weight excluding hydrogens is 320 g/mol. The highest BCUT2D eigenvalue weighted by Gasteiger charge is 2.31. The molecule has 1 saturated carbocycles. The molecule has 0 bridgehead atoms. The SMILES string of the molecule is CC1(C)CCC(c2ccc(C3NC(S)=CS3)c(F)c2F)CC1. The number of thioether (sulfide) groups is 1. The first kappa shape index (κ1) is 16.2. The maximum absolute atomic E-state index is 14.5. The quantitative estimate of drug-likeness (QED) is 0.668. The van der Waals surface area contributed by atoms with Crippen molar-refractivity contribution in [2.24, 2.45) is 5.41 Å². The summed E-state index contributed by atoms with van der Waals surface area (Å²) in [6, 6.07) is 3.49. The van der Waals surface area contributed by atoms with E-state index in [4.69, 9.17) is 0 Å². The molecule has 22 heavy (non-hydrogen) atoms. The monoisotopic (exact) mass is 341 g/mol. The minimum atomic E-state index is -0.719.